The summed E-state index contributed by atoms with van der Waals surface area (Å²) in [6.07, 6.45) is 5.44. The first-order chi connectivity index (χ1) is 8.76. The van der Waals surface area contributed by atoms with E-state index in [1.165, 1.54) is 24.6 Å². The van der Waals surface area contributed by atoms with Gasteiger partial charge in [0.1, 0.15) is 0 Å². The van der Waals surface area contributed by atoms with Crippen LogP contribution in [0.15, 0.2) is 21.6 Å². The number of fused-ring (bicyclic) bond motifs is 2. The second-order valence-corrected chi connectivity index (χ2v) is 5.81. The van der Waals surface area contributed by atoms with Crippen LogP contribution in [0.1, 0.15) is 29.8 Å². The van der Waals surface area contributed by atoms with Gasteiger partial charge in [-0.2, -0.15) is 0 Å². The summed E-state index contributed by atoms with van der Waals surface area (Å²) in [4.78, 5) is 14.3. The third kappa shape index (κ3) is 3.09. The third-order valence-electron chi connectivity index (χ3n) is 3.80. The lowest BCUT2D eigenvalue weighted by molar-refractivity contribution is 0.0710. The van der Waals surface area contributed by atoms with Gasteiger partial charge in [-0.1, -0.05) is 11.8 Å². The molecule has 1 aromatic heterocycles. The minimum atomic E-state index is 0. The molecular formula is C13H19ClN2O2S. The lowest BCUT2D eigenvalue weighted by atomic mass is 10.1. The van der Waals surface area contributed by atoms with Crippen molar-refractivity contribution in [3.05, 3.63) is 17.9 Å². The first-order valence-corrected chi connectivity index (χ1v) is 7.68. The van der Waals surface area contributed by atoms with Gasteiger partial charge >= 0.3 is 0 Å². The van der Waals surface area contributed by atoms with Crippen LogP contribution in [0.5, 0.6) is 0 Å². The second kappa shape index (κ2) is 6.20. The summed E-state index contributed by atoms with van der Waals surface area (Å²) in [5, 5.41) is 4.38. The van der Waals surface area contributed by atoms with E-state index < -0.39 is 0 Å². The molecule has 1 N–H and O–H groups in total. The standard InChI is InChI=1S/C13H18N2O2S.ClH/c1-18-12-5-4-11(17-12)13(16)15-7-6-9-2-3-10(8-15)14-9;/h4-5,9-10,14H,2-3,6-8H2,1H3;1H. The van der Waals surface area contributed by atoms with Gasteiger partial charge in [0, 0.05) is 25.2 Å². The number of nitrogens with zero attached hydrogens (tertiary/aromatic N) is 1. The number of hydrogen-bond acceptors (Lipinski definition) is 4. The number of carbonyl (C=O) groups excluding carboxylic acids is 1. The molecule has 2 saturated heterocycles. The van der Waals surface area contributed by atoms with Gasteiger partial charge in [0.05, 0.1) is 0 Å². The molecule has 0 aromatic carbocycles. The summed E-state index contributed by atoms with van der Waals surface area (Å²) in [6.45, 7) is 1.65. The molecule has 2 fully saturated rings. The van der Waals surface area contributed by atoms with Gasteiger partial charge < -0.3 is 14.6 Å². The topological polar surface area (TPSA) is 45.5 Å². The minimum Gasteiger partial charge on any atom is -0.445 e. The Labute approximate surface area is 123 Å². The smallest absolute Gasteiger partial charge is 0.289 e. The van der Waals surface area contributed by atoms with E-state index in [1.807, 2.05) is 17.2 Å². The van der Waals surface area contributed by atoms with Crippen LogP contribution in [-0.2, 0) is 0 Å². The maximum atomic E-state index is 12.4. The molecule has 0 radical (unpaired) electrons. The van der Waals surface area contributed by atoms with Crippen molar-refractivity contribution in [1.29, 1.82) is 0 Å². The van der Waals surface area contributed by atoms with Crippen LogP contribution in [0, 0.1) is 0 Å². The van der Waals surface area contributed by atoms with E-state index in [4.69, 9.17) is 4.42 Å². The van der Waals surface area contributed by atoms with Crippen molar-refractivity contribution in [3.63, 3.8) is 0 Å². The quantitative estimate of drug-likeness (QED) is 0.852. The maximum absolute atomic E-state index is 12.4. The summed E-state index contributed by atoms with van der Waals surface area (Å²) < 4.78 is 5.52. The van der Waals surface area contributed by atoms with Crippen molar-refractivity contribution in [3.8, 4) is 0 Å². The highest BCUT2D eigenvalue weighted by Gasteiger charge is 2.32. The number of hydrogen-bond donors (Lipinski definition) is 1. The summed E-state index contributed by atoms with van der Waals surface area (Å²) >= 11 is 1.52. The summed E-state index contributed by atoms with van der Waals surface area (Å²) in [5.41, 5.74) is 0. The first-order valence-electron chi connectivity index (χ1n) is 6.45. The van der Waals surface area contributed by atoms with Crippen LogP contribution >= 0.6 is 24.2 Å². The van der Waals surface area contributed by atoms with Crippen molar-refractivity contribution < 1.29 is 9.21 Å². The van der Waals surface area contributed by atoms with Crippen LogP contribution < -0.4 is 5.32 Å². The van der Waals surface area contributed by atoms with Crippen molar-refractivity contribution in [2.75, 3.05) is 19.3 Å². The van der Waals surface area contributed by atoms with Gasteiger partial charge in [-0.15, -0.1) is 12.4 Å². The highest BCUT2D eigenvalue weighted by molar-refractivity contribution is 7.98. The van der Waals surface area contributed by atoms with E-state index in [2.05, 4.69) is 5.32 Å². The maximum Gasteiger partial charge on any atom is 0.289 e. The largest absolute Gasteiger partial charge is 0.445 e. The number of thioether (sulfide) groups is 1. The van der Waals surface area contributed by atoms with Gasteiger partial charge in [-0.3, -0.25) is 4.79 Å². The van der Waals surface area contributed by atoms with E-state index >= 15 is 0 Å². The summed E-state index contributed by atoms with van der Waals surface area (Å²) in [5.74, 6) is 0.502. The number of likely N-dealkylation sites (tertiary alicyclic amines) is 1. The lowest BCUT2D eigenvalue weighted by Crippen LogP contribution is -2.38. The second-order valence-electron chi connectivity index (χ2n) is 5.00. The van der Waals surface area contributed by atoms with E-state index in [9.17, 15) is 4.79 Å². The Morgan fingerprint density at radius 2 is 2.16 bits per heavy atom. The Balaban J connectivity index is 0.00000133. The number of amides is 1. The van der Waals surface area contributed by atoms with Crippen LogP contribution in [0.3, 0.4) is 0 Å². The lowest BCUT2D eigenvalue weighted by Gasteiger charge is -2.23. The molecule has 2 unspecified atom stereocenters. The molecule has 3 rings (SSSR count). The molecule has 0 saturated carbocycles. The molecule has 2 bridgehead atoms. The molecule has 6 heteroatoms. The van der Waals surface area contributed by atoms with Crippen molar-refractivity contribution >= 4 is 30.1 Å². The molecule has 0 aliphatic carbocycles. The van der Waals surface area contributed by atoms with E-state index in [-0.39, 0.29) is 18.3 Å². The zero-order chi connectivity index (χ0) is 12.5. The summed E-state index contributed by atoms with van der Waals surface area (Å²) in [7, 11) is 0. The van der Waals surface area contributed by atoms with Crippen LogP contribution in [0.4, 0.5) is 0 Å². The molecule has 2 aliphatic heterocycles. The molecule has 2 atom stereocenters. The normalized spacial score (nSPS) is 25.8. The highest BCUT2D eigenvalue weighted by Crippen LogP contribution is 2.23. The predicted octanol–water partition coefficient (Wildman–Crippen LogP) is 2.39. The van der Waals surface area contributed by atoms with Crippen LogP contribution in [0.2, 0.25) is 0 Å². The Hall–Kier alpha value is -0.650. The third-order valence-corrected chi connectivity index (χ3v) is 4.43. The average Bonchev–Trinajstić information content (AvgIpc) is 2.95. The van der Waals surface area contributed by atoms with Crippen molar-refractivity contribution in [2.24, 2.45) is 0 Å². The number of nitrogens with one attached hydrogen (secondary N) is 1. The Bertz CT molecular complexity index is 452. The average molecular weight is 303 g/mol. The summed E-state index contributed by atoms with van der Waals surface area (Å²) in [6, 6.07) is 4.72. The van der Waals surface area contributed by atoms with Crippen molar-refractivity contribution in [1.82, 2.24) is 10.2 Å². The zero-order valence-electron chi connectivity index (χ0n) is 10.9. The molecule has 19 heavy (non-hydrogen) atoms. The fourth-order valence-corrected chi connectivity index (χ4v) is 3.21. The molecule has 1 aromatic rings. The minimum absolute atomic E-state index is 0. The van der Waals surface area contributed by atoms with Crippen LogP contribution in [-0.4, -0.2) is 42.2 Å². The van der Waals surface area contributed by atoms with Crippen LogP contribution in [0.25, 0.3) is 0 Å². The monoisotopic (exact) mass is 302 g/mol. The molecule has 0 spiro atoms. The Kier molecular flexibility index (Phi) is 4.81. The fraction of sp³-hybridized carbons (Fsp3) is 0.615. The molecular weight excluding hydrogens is 284 g/mol. The van der Waals surface area contributed by atoms with Crippen molar-refractivity contribution in [2.45, 2.75) is 36.4 Å². The van der Waals surface area contributed by atoms with Gasteiger partial charge in [-0.05, 0) is 37.7 Å². The van der Waals surface area contributed by atoms with Gasteiger partial charge in [-0.25, -0.2) is 0 Å². The highest BCUT2D eigenvalue weighted by atomic mass is 35.5. The number of rotatable bonds is 2. The first kappa shape index (κ1) is 14.8. The van der Waals surface area contributed by atoms with E-state index in [0.29, 0.717) is 17.8 Å². The molecule has 3 heterocycles. The number of carbonyl (C=O) groups is 1. The van der Waals surface area contributed by atoms with Gasteiger partial charge in [0.15, 0.2) is 10.9 Å². The fourth-order valence-electron chi connectivity index (χ4n) is 2.83. The van der Waals surface area contributed by atoms with Gasteiger partial charge in [0.25, 0.3) is 5.91 Å². The molecule has 4 nitrogen and oxygen atoms in total. The SMILES string of the molecule is CSc1ccc(C(=O)N2CCC3CCC(C2)N3)o1.Cl. The number of furan rings is 1. The Morgan fingerprint density at radius 1 is 1.37 bits per heavy atom. The zero-order valence-corrected chi connectivity index (χ0v) is 12.6. The predicted molar refractivity (Wildman–Crippen MR) is 78.2 cm³/mol. The molecule has 106 valence electrons. The van der Waals surface area contributed by atoms with E-state index in [0.717, 1.165) is 24.6 Å². The Morgan fingerprint density at radius 3 is 2.89 bits per heavy atom. The molecule has 2 aliphatic rings. The molecule has 1 amide bonds. The van der Waals surface area contributed by atoms with Gasteiger partial charge in [0.2, 0.25) is 0 Å². The van der Waals surface area contributed by atoms with E-state index in [1.54, 1.807) is 6.07 Å². The number of halogens is 1.